The van der Waals surface area contributed by atoms with Crippen LogP contribution in [0.3, 0.4) is 0 Å². The number of amides is 2. The number of piperidine rings is 1. The molecule has 0 spiro atoms. The highest BCUT2D eigenvalue weighted by Crippen LogP contribution is 2.49. The van der Waals surface area contributed by atoms with Gasteiger partial charge in [0.2, 0.25) is 11.8 Å². The number of pyridine rings is 1. The molecule has 3 atom stereocenters. The van der Waals surface area contributed by atoms with Crippen LogP contribution in [0.1, 0.15) is 35.5 Å². The highest BCUT2D eigenvalue weighted by Gasteiger charge is 2.59. The summed E-state index contributed by atoms with van der Waals surface area (Å²) in [5.74, 6) is 0.355. The number of ether oxygens (including phenoxy) is 1. The molecule has 42 heavy (non-hydrogen) atoms. The molecule has 216 valence electrons. The maximum atomic E-state index is 13.6. The van der Waals surface area contributed by atoms with Crippen LogP contribution in [0.5, 0.6) is 5.88 Å². The van der Waals surface area contributed by atoms with Gasteiger partial charge in [0.15, 0.2) is 0 Å². The Bertz CT molecular complexity index is 1670. The molecule has 0 bridgehead atoms. The minimum atomic E-state index is -1.21. The summed E-state index contributed by atoms with van der Waals surface area (Å²) in [6.07, 6.45) is 3.49. The predicted molar refractivity (Wildman–Crippen MR) is 150 cm³/mol. The molecule has 4 aromatic rings. The number of nitrogens with zero attached hydrogens (tertiary/aromatic N) is 6. The van der Waals surface area contributed by atoms with E-state index in [1.165, 1.54) is 16.8 Å². The third-order valence-corrected chi connectivity index (χ3v) is 8.07. The SMILES string of the molecule is Cc1nn(-c2ncccn2)cc1C(=O)N1C[C@@H]2C(Oc3cc(C(C)(C)NC(=O)O)c(Cl)c(-c4ccc(F)cc4)n3)[C@@H]2C1. The molecule has 6 rings (SSSR count). The van der Waals surface area contributed by atoms with Crippen LogP contribution in [0, 0.1) is 24.6 Å². The second kappa shape index (κ2) is 10.4. The number of fused-ring (bicyclic) bond motifs is 1. The van der Waals surface area contributed by atoms with Crippen LogP contribution in [0.25, 0.3) is 17.2 Å². The Labute approximate surface area is 245 Å². The van der Waals surface area contributed by atoms with Crippen LogP contribution >= 0.6 is 11.6 Å². The molecule has 13 heteroatoms. The fourth-order valence-electron chi connectivity index (χ4n) is 5.46. The molecule has 2 fully saturated rings. The number of rotatable bonds is 7. The average molecular weight is 592 g/mol. The van der Waals surface area contributed by atoms with Crippen LogP contribution in [0.4, 0.5) is 9.18 Å². The molecule has 11 nitrogen and oxygen atoms in total. The summed E-state index contributed by atoms with van der Waals surface area (Å²) in [7, 11) is 0. The first-order valence-electron chi connectivity index (χ1n) is 13.3. The average Bonchev–Trinajstić information content (AvgIpc) is 3.26. The molecule has 1 aliphatic carbocycles. The lowest BCUT2D eigenvalue weighted by Gasteiger charge is -2.28. The molecule has 2 amide bonds. The molecule has 1 saturated heterocycles. The van der Waals surface area contributed by atoms with Gasteiger partial charge in [-0.3, -0.25) is 4.79 Å². The lowest BCUT2D eigenvalue weighted by atomic mass is 9.93. The molecular formula is C29H27ClFN7O4. The van der Waals surface area contributed by atoms with Crippen molar-refractivity contribution < 1.29 is 23.8 Å². The molecular weight excluding hydrogens is 565 g/mol. The summed E-state index contributed by atoms with van der Waals surface area (Å²) >= 11 is 6.73. The monoisotopic (exact) mass is 591 g/mol. The maximum absolute atomic E-state index is 13.6. The second-order valence-corrected chi connectivity index (χ2v) is 11.4. The molecule has 1 unspecified atom stereocenters. The van der Waals surface area contributed by atoms with Gasteiger partial charge in [0.05, 0.1) is 27.5 Å². The van der Waals surface area contributed by atoms with Gasteiger partial charge in [0.25, 0.3) is 5.91 Å². The molecule has 0 radical (unpaired) electrons. The number of halogens is 2. The van der Waals surface area contributed by atoms with Crippen molar-refractivity contribution in [2.24, 2.45) is 11.8 Å². The number of aromatic nitrogens is 5. The Kier molecular flexibility index (Phi) is 6.80. The number of carbonyl (C=O) groups excluding carboxylic acids is 1. The predicted octanol–water partition coefficient (Wildman–Crippen LogP) is 4.48. The van der Waals surface area contributed by atoms with Crippen LogP contribution in [0.15, 0.2) is 55.0 Å². The summed E-state index contributed by atoms with van der Waals surface area (Å²) < 4.78 is 21.4. The van der Waals surface area contributed by atoms with Crippen molar-refractivity contribution in [1.29, 1.82) is 0 Å². The van der Waals surface area contributed by atoms with Crippen molar-refractivity contribution in [3.63, 3.8) is 0 Å². The Balaban J connectivity index is 1.20. The van der Waals surface area contributed by atoms with E-state index in [0.717, 1.165) is 0 Å². The Morgan fingerprint density at radius 1 is 1.14 bits per heavy atom. The van der Waals surface area contributed by atoms with Crippen molar-refractivity contribution in [2.45, 2.75) is 32.4 Å². The summed E-state index contributed by atoms with van der Waals surface area (Å²) in [5, 5.41) is 16.5. The number of carbonyl (C=O) groups is 2. The number of nitrogens with one attached hydrogen (secondary N) is 1. The number of carboxylic acid groups (broad SMARTS) is 1. The first-order valence-corrected chi connectivity index (χ1v) is 13.7. The van der Waals surface area contributed by atoms with Crippen LogP contribution in [-0.2, 0) is 5.54 Å². The van der Waals surface area contributed by atoms with Gasteiger partial charge in [-0.1, -0.05) is 11.6 Å². The minimum absolute atomic E-state index is 0.113. The topological polar surface area (TPSA) is 135 Å². The third kappa shape index (κ3) is 5.13. The smallest absolute Gasteiger partial charge is 0.405 e. The number of hydrogen-bond donors (Lipinski definition) is 2. The Hall–Kier alpha value is -4.58. The summed E-state index contributed by atoms with van der Waals surface area (Å²) in [5.41, 5.74) is 1.38. The summed E-state index contributed by atoms with van der Waals surface area (Å²) in [4.78, 5) is 39.6. The zero-order valence-corrected chi connectivity index (χ0v) is 23.7. The van der Waals surface area contributed by atoms with E-state index >= 15 is 0 Å². The zero-order valence-electron chi connectivity index (χ0n) is 23.0. The van der Waals surface area contributed by atoms with Crippen LogP contribution in [-0.4, -0.2) is 65.9 Å². The number of hydrogen-bond acceptors (Lipinski definition) is 7. The van der Waals surface area contributed by atoms with Gasteiger partial charge in [-0.25, -0.2) is 28.8 Å². The van der Waals surface area contributed by atoms with Gasteiger partial charge in [-0.05, 0) is 51.1 Å². The van der Waals surface area contributed by atoms with E-state index in [0.29, 0.717) is 47.1 Å². The molecule has 1 aliphatic heterocycles. The van der Waals surface area contributed by atoms with Crippen molar-refractivity contribution in [3.05, 3.63) is 82.6 Å². The van der Waals surface area contributed by atoms with Crippen molar-refractivity contribution in [3.8, 4) is 23.1 Å². The first kappa shape index (κ1) is 27.6. The van der Waals surface area contributed by atoms with Gasteiger partial charge in [-0.2, -0.15) is 5.10 Å². The van der Waals surface area contributed by atoms with E-state index < -0.39 is 17.4 Å². The summed E-state index contributed by atoms with van der Waals surface area (Å²) in [6.45, 7) is 6.17. The van der Waals surface area contributed by atoms with E-state index in [1.807, 2.05) is 0 Å². The highest BCUT2D eigenvalue weighted by molar-refractivity contribution is 6.34. The van der Waals surface area contributed by atoms with Gasteiger partial charge in [0, 0.05) is 60.7 Å². The van der Waals surface area contributed by atoms with E-state index in [9.17, 15) is 19.1 Å². The summed E-state index contributed by atoms with van der Waals surface area (Å²) in [6, 6.07) is 9.05. The van der Waals surface area contributed by atoms with E-state index in [2.05, 4.69) is 25.4 Å². The first-order chi connectivity index (χ1) is 20.0. The molecule has 1 aromatic carbocycles. The Morgan fingerprint density at radius 3 is 2.45 bits per heavy atom. The van der Waals surface area contributed by atoms with Crippen LogP contribution in [0.2, 0.25) is 5.02 Å². The largest absolute Gasteiger partial charge is 0.474 e. The van der Waals surface area contributed by atoms with Crippen molar-refractivity contribution >= 4 is 23.6 Å². The van der Waals surface area contributed by atoms with Gasteiger partial charge < -0.3 is 20.1 Å². The molecule has 1 saturated carbocycles. The van der Waals surface area contributed by atoms with Crippen molar-refractivity contribution in [2.75, 3.05) is 13.1 Å². The number of likely N-dealkylation sites (tertiary alicyclic amines) is 1. The number of aryl methyl sites for hydroxylation is 1. The third-order valence-electron chi connectivity index (χ3n) is 7.69. The standard InChI is InChI=1S/C29H27ClFN7O4/c1-15-18(14-38(36-15)27-32-9-4-10-33-27)26(39)37-12-19-20(13-37)25(19)42-22-11-21(29(2,3)35-28(40)41)23(30)24(34-22)16-5-7-17(31)8-6-16/h4-11,14,19-20,25,35H,12-13H2,1-3H3,(H,40,41)/t19-,20+,25?. The lowest BCUT2D eigenvalue weighted by molar-refractivity contribution is 0.0750. The Morgan fingerprint density at radius 2 is 1.81 bits per heavy atom. The van der Waals surface area contributed by atoms with Gasteiger partial charge in [-0.15, -0.1) is 0 Å². The van der Waals surface area contributed by atoms with Gasteiger partial charge in [0.1, 0.15) is 11.9 Å². The van der Waals surface area contributed by atoms with Crippen molar-refractivity contribution in [1.82, 2.24) is 34.9 Å². The number of benzene rings is 1. The lowest BCUT2D eigenvalue weighted by Crippen LogP contribution is -2.40. The molecule has 4 heterocycles. The molecule has 3 aromatic heterocycles. The fourth-order valence-corrected chi connectivity index (χ4v) is 5.90. The molecule has 2 aliphatic rings. The van der Waals surface area contributed by atoms with E-state index in [-0.39, 0.29) is 34.7 Å². The normalized spacial score (nSPS) is 19.4. The second-order valence-electron chi connectivity index (χ2n) is 11.0. The minimum Gasteiger partial charge on any atom is -0.474 e. The zero-order chi connectivity index (χ0) is 29.8. The van der Waals surface area contributed by atoms with Crippen LogP contribution < -0.4 is 10.1 Å². The molecule has 2 N–H and O–H groups in total. The quantitative estimate of drug-likeness (QED) is 0.321. The van der Waals surface area contributed by atoms with E-state index in [4.69, 9.17) is 16.3 Å². The highest BCUT2D eigenvalue weighted by atomic mass is 35.5. The van der Waals surface area contributed by atoms with E-state index in [1.54, 1.807) is 68.5 Å². The fraction of sp³-hybridized carbons (Fsp3) is 0.310. The van der Waals surface area contributed by atoms with Gasteiger partial charge >= 0.3 is 6.09 Å². The maximum Gasteiger partial charge on any atom is 0.405 e.